The fourth-order valence-corrected chi connectivity index (χ4v) is 3.96. The fourth-order valence-electron chi connectivity index (χ4n) is 1.25. The average molecular weight is 455 g/mol. The van der Waals surface area contributed by atoms with E-state index in [4.69, 9.17) is 0 Å². The van der Waals surface area contributed by atoms with Crippen LogP contribution in [0.5, 0.6) is 0 Å². The van der Waals surface area contributed by atoms with Gasteiger partial charge in [0.25, 0.3) is 0 Å². The van der Waals surface area contributed by atoms with Crippen LogP contribution in [0, 0.1) is 0 Å². The summed E-state index contributed by atoms with van der Waals surface area (Å²) in [6.45, 7) is 0. The van der Waals surface area contributed by atoms with E-state index in [1.54, 1.807) is 0 Å². The van der Waals surface area contributed by atoms with Gasteiger partial charge in [-0.15, -0.1) is 0 Å². The van der Waals surface area contributed by atoms with Crippen molar-refractivity contribution < 1.29 is 4.79 Å². The van der Waals surface area contributed by atoms with E-state index in [9.17, 15) is 4.79 Å². The van der Waals surface area contributed by atoms with Gasteiger partial charge in [-0.05, 0) is 51.9 Å². The van der Waals surface area contributed by atoms with E-state index in [1.165, 1.54) is 35.1 Å². The SMILES string of the molecule is CSc1nsc(SCC(=O)Nc2cc(Br)ccc2Br)n1. The Morgan fingerprint density at radius 1 is 1.45 bits per heavy atom. The molecule has 0 spiro atoms. The number of nitrogens with one attached hydrogen (secondary N) is 1. The summed E-state index contributed by atoms with van der Waals surface area (Å²) in [6.07, 6.45) is 1.92. The Labute approximate surface area is 145 Å². The van der Waals surface area contributed by atoms with Gasteiger partial charge in [-0.3, -0.25) is 4.79 Å². The number of thioether (sulfide) groups is 2. The number of carbonyl (C=O) groups is 1. The molecule has 0 unspecified atom stereocenters. The molecule has 0 radical (unpaired) electrons. The summed E-state index contributed by atoms with van der Waals surface area (Å²) in [7, 11) is 0. The minimum Gasteiger partial charge on any atom is -0.324 e. The van der Waals surface area contributed by atoms with Gasteiger partial charge in [0.2, 0.25) is 11.1 Å². The lowest BCUT2D eigenvalue weighted by Crippen LogP contribution is -2.14. The zero-order chi connectivity index (χ0) is 14.5. The molecule has 9 heteroatoms. The molecule has 0 saturated carbocycles. The Morgan fingerprint density at radius 3 is 2.95 bits per heavy atom. The Balaban J connectivity index is 1.90. The molecule has 1 heterocycles. The predicted molar refractivity (Wildman–Crippen MR) is 92.9 cm³/mol. The van der Waals surface area contributed by atoms with Gasteiger partial charge < -0.3 is 5.32 Å². The van der Waals surface area contributed by atoms with Crippen LogP contribution in [0.15, 0.2) is 36.6 Å². The molecule has 0 aliphatic rings. The number of amides is 1. The third-order valence-corrected chi connectivity index (χ3v) is 5.78. The number of benzene rings is 1. The Kier molecular flexibility index (Phi) is 6.34. The van der Waals surface area contributed by atoms with Crippen LogP contribution in [-0.2, 0) is 4.79 Å². The lowest BCUT2D eigenvalue weighted by Gasteiger charge is -2.07. The first-order valence-electron chi connectivity index (χ1n) is 5.34. The molecule has 4 nitrogen and oxygen atoms in total. The second-order valence-corrected chi connectivity index (χ2v) is 8.03. The molecule has 2 rings (SSSR count). The summed E-state index contributed by atoms with van der Waals surface area (Å²) in [4.78, 5) is 16.2. The molecule has 0 bridgehead atoms. The van der Waals surface area contributed by atoms with E-state index in [1.807, 2.05) is 24.5 Å². The molecular formula is C11H9Br2N3OS3. The normalized spacial score (nSPS) is 10.6. The van der Waals surface area contributed by atoms with Crippen molar-refractivity contribution in [2.75, 3.05) is 17.3 Å². The first kappa shape index (κ1) is 16.3. The first-order chi connectivity index (χ1) is 9.58. The Bertz CT molecular complexity index is 621. The van der Waals surface area contributed by atoms with E-state index < -0.39 is 0 Å². The monoisotopic (exact) mass is 453 g/mol. The third-order valence-electron chi connectivity index (χ3n) is 2.10. The van der Waals surface area contributed by atoms with Gasteiger partial charge in [0.05, 0.1) is 11.4 Å². The zero-order valence-electron chi connectivity index (χ0n) is 10.2. The highest BCUT2D eigenvalue weighted by atomic mass is 79.9. The number of hydrogen-bond donors (Lipinski definition) is 1. The van der Waals surface area contributed by atoms with Gasteiger partial charge in [-0.1, -0.05) is 39.5 Å². The lowest BCUT2D eigenvalue weighted by atomic mass is 10.3. The molecule has 1 aromatic heterocycles. The van der Waals surface area contributed by atoms with Crippen LogP contribution in [0.3, 0.4) is 0 Å². The fraction of sp³-hybridized carbons (Fsp3) is 0.182. The van der Waals surface area contributed by atoms with Crippen LogP contribution in [0.2, 0.25) is 0 Å². The van der Waals surface area contributed by atoms with Crippen LogP contribution in [-0.4, -0.2) is 27.3 Å². The molecule has 1 aromatic carbocycles. The van der Waals surface area contributed by atoms with Crippen LogP contribution in [0.25, 0.3) is 0 Å². The van der Waals surface area contributed by atoms with Crippen molar-refractivity contribution >= 4 is 78.5 Å². The predicted octanol–water partition coefficient (Wildman–Crippen LogP) is 4.52. The van der Waals surface area contributed by atoms with Gasteiger partial charge in [0, 0.05) is 8.95 Å². The topological polar surface area (TPSA) is 54.9 Å². The van der Waals surface area contributed by atoms with E-state index in [0.717, 1.165) is 24.1 Å². The van der Waals surface area contributed by atoms with Crippen molar-refractivity contribution in [3.05, 3.63) is 27.1 Å². The number of rotatable bonds is 5. The van der Waals surface area contributed by atoms with Crippen molar-refractivity contribution in [3.8, 4) is 0 Å². The van der Waals surface area contributed by atoms with Gasteiger partial charge in [0.15, 0.2) is 4.34 Å². The van der Waals surface area contributed by atoms with Crippen molar-refractivity contribution in [3.63, 3.8) is 0 Å². The minimum atomic E-state index is -0.0744. The molecule has 0 aliphatic heterocycles. The minimum absolute atomic E-state index is 0.0744. The van der Waals surface area contributed by atoms with Gasteiger partial charge in [0.1, 0.15) is 0 Å². The molecule has 0 aliphatic carbocycles. The largest absolute Gasteiger partial charge is 0.324 e. The summed E-state index contributed by atoms with van der Waals surface area (Å²) in [5.41, 5.74) is 0.743. The van der Waals surface area contributed by atoms with Crippen molar-refractivity contribution in [1.82, 2.24) is 9.36 Å². The Morgan fingerprint density at radius 2 is 2.25 bits per heavy atom. The molecule has 0 fully saturated rings. The number of anilines is 1. The highest BCUT2D eigenvalue weighted by molar-refractivity contribution is 9.11. The molecule has 20 heavy (non-hydrogen) atoms. The molecule has 106 valence electrons. The van der Waals surface area contributed by atoms with E-state index in [0.29, 0.717) is 5.75 Å². The van der Waals surface area contributed by atoms with Crippen molar-refractivity contribution in [2.24, 2.45) is 0 Å². The van der Waals surface area contributed by atoms with E-state index in [2.05, 4.69) is 46.5 Å². The molecule has 0 saturated heterocycles. The number of carbonyl (C=O) groups excluding carboxylic acids is 1. The first-order valence-corrected chi connectivity index (χ1v) is 9.91. The number of halogens is 2. The lowest BCUT2D eigenvalue weighted by molar-refractivity contribution is -0.113. The van der Waals surface area contributed by atoms with Crippen LogP contribution >= 0.6 is 66.9 Å². The number of aromatic nitrogens is 2. The maximum atomic E-state index is 11.9. The number of nitrogens with zero attached hydrogens (tertiary/aromatic N) is 2. The van der Waals surface area contributed by atoms with Gasteiger partial charge in [-0.25, -0.2) is 4.98 Å². The summed E-state index contributed by atoms with van der Waals surface area (Å²) in [5, 5.41) is 3.60. The molecule has 0 atom stereocenters. The van der Waals surface area contributed by atoms with Gasteiger partial charge in [-0.2, -0.15) is 4.37 Å². The molecule has 2 aromatic rings. The molecule has 1 amide bonds. The summed E-state index contributed by atoms with van der Waals surface area (Å²) in [5.74, 6) is 0.233. The quantitative estimate of drug-likeness (QED) is 0.673. The van der Waals surface area contributed by atoms with E-state index in [-0.39, 0.29) is 5.91 Å². The standard InChI is InChI=1S/C11H9Br2N3OS3/c1-18-10-15-11(20-16-10)19-5-9(17)14-8-4-6(12)2-3-7(8)13/h2-4H,5H2,1H3,(H,14,17). The highest BCUT2D eigenvalue weighted by Crippen LogP contribution is 2.27. The average Bonchev–Trinajstić information content (AvgIpc) is 2.89. The zero-order valence-corrected chi connectivity index (χ0v) is 15.8. The van der Waals surface area contributed by atoms with E-state index >= 15 is 0 Å². The highest BCUT2D eigenvalue weighted by Gasteiger charge is 2.09. The smallest absolute Gasteiger partial charge is 0.234 e. The molecule has 1 N–H and O–H groups in total. The van der Waals surface area contributed by atoms with Crippen LogP contribution < -0.4 is 5.32 Å². The summed E-state index contributed by atoms with van der Waals surface area (Å²) >= 11 is 11.0. The maximum Gasteiger partial charge on any atom is 0.234 e. The summed E-state index contributed by atoms with van der Waals surface area (Å²) in [6, 6.07) is 5.63. The number of hydrogen-bond acceptors (Lipinski definition) is 6. The summed E-state index contributed by atoms with van der Waals surface area (Å²) < 4.78 is 6.71. The Hall–Kier alpha value is -0.0900. The molecular weight excluding hydrogens is 446 g/mol. The van der Waals surface area contributed by atoms with Crippen LogP contribution in [0.4, 0.5) is 5.69 Å². The van der Waals surface area contributed by atoms with Gasteiger partial charge >= 0.3 is 0 Å². The van der Waals surface area contributed by atoms with Crippen molar-refractivity contribution in [1.29, 1.82) is 0 Å². The van der Waals surface area contributed by atoms with Crippen molar-refractivity contribution in [2.45, 2.75) is 9.50 Å². The van der Waals surface area contributed by atoms with Crippen LogP contribution in [0.1, 0.15) is 0 Å². The second-order valence-electron chi connectivity index (χ2n) is 3.51. The third kappa shape index (κ3) is 4.73. The maximum absolute atomic E-state index is 11.9. The second kappa shape index (κ2) is 7.79.